The summed E-state index contributed by atoms with van der Waals surface area (Å²) < 4.78 is 32.0. The van der Waals surface area contributed by atoms with E-state index in [0.717, 1.165) is 12.1 Å². The van der Waals surface area contributed by atoms with Crippen LogP contribution >= 0.6 is 0 Å². The van der Waals surface area contributed by atoms with Gasteiger partial charge in [-0.15, -0.1) is 0 Å². The molecule has 1 aromatic heterocycles. The first-order valence-corrected chi connectivity index (χ1v) is 8.40. The van der Waals surface area contributed by atoms with Crippen molar-refractivity contribution in [1.82, 2.24) is 15.0 Å². The Morgan fingerprint density at radius 3 is 2.70 bits per heavy atom. The van der Waals surface area contributed by atoms with Crippen molar-refractivity contribution in [2.75, 3.05) is 13.2 Å². The molecule has 3 rings (SSSR count). The van der Waals surface area contributed by atoms with Crippen LogP contribution in [-0.2, 0) is 21.3 Å². The van der Waals surface area contributed by atoms with Crippen LogP contribution in [0, 0.1) is 0 Å². The number of pyridine rings is 1. The molecule has 1 saturated heterocycles. The van der Waals surface area contributed by atoms with Crippen molar-refractivity contribution < 1.29 is 13.2 Å². The summed E-state index contributed by atoms with van der Waals surface area (Å²) in [6.07, 6.45) is 4.79. The van der Waals surface area contributed by atoms with Crippen molar-refractivity contribution in [1.29, 1.82) is 0 Å². The Labute approximate surface area is 119 Å². The van der Waals surface area contributed by atoms with E-state index in [0.29, 0.717) is 25.7 Å². The van der Waals surface area contributed by atoms with Gasteiger partial charge in [-0.05, 0) is 30.9 Å². The Kier molecular flexibility index (Phi) is 4.02. The molecule has 0 aromatic carbocycles. The lowest BCUT2D eigenvalue weighted by Gasteiger charge is -2.11. The van der Waals surface area contributed by atoms with E-state index in [1.807, 2.05) is 6.07 Å². The maximum atomic E-state index is 12.1. The molecule has 0 bridgehead atoms. The summed E-state index contributed by atoms with van der Waals surface area (Å²) in [6, 6.07) is 3.85. The van der Waals surface area contributed by atoms with E-state index >= 15 is 0 Å². The van der Waals surface area contributed by atoms with Gasteiger partial charge in [-0.3, -0.25) is 0 Å². The highest BCUT2D eigenvalue weighted by Crippen LogP contribution is 2.19. The van der Waals surface area contributed by atoms with Gasteiger partial charge in [0.25, 0.3) is 10.0 Å². The predicted octanol–water partition coefficient (Wildman–Crippen LogP) is 0.401. The minimum atomic E-state index is -3.54. The summed E-state index contributed by atoms with van der Waals surface area (Å²) in [5, 5.41) is 3.44. The SMILES string of the molecule is O=S(=O)(NC1CCOC1)c1ccc(CNC2CC2)cn1. The second-order valence-electron chi connectivity index (χ2n) is 5.34. The highest BCUT2D eigenvalue weighted by atomic mass is 32.2. The molecule has 0 spiro atoms. The lowest BCUT2D eigenvalue weighted by atomic mass is 10.3. The second-order valence-corrected chi connectivity index (χ2v) is 7.00. The van der Waals surface area contributed by atoms with Gasteiger partial charge >= 0.3 is 0 Å². The molecular weight excluding hydrogens is 278 g/mol. The Balaban J connectivity index is 1.62. The van der Waals surface area contributed by atoms with Gasteiger partial charge in [0.1, 0.15) is 0 Å². The van der Waals surface area contributed by atoms with Gasteiger partial charge in [-0.1, -0.05) is 6.07 Å². The van der Waals surface area contributed by atoms with Crippen molar-refractivity contribution in [3.63, 3.8) is 0 Å². The number of hydrogen-bond donors (Lipinski definition) is 2. The molecule has 6 nitrogen and oxygen atoms in total. The van der Waals surface area contributed by atoms with E-state index in [1.54, 1.807) is 12.3 Å². The predicted molar refractivity (Wildman–Crippen MR) is 73.6 cm³/mol. The molecule has 1 atom stereocenters. The summed E-state index contributed by atoms with van der Waals surface area (Å²) >= 11 is 0. The zero-order chi connectivity index (χ0) is 14.0. The van der Waals surface area contributed by atoms with Gasteiger partial charge in [0.15, 0.2) is 5.03 Å². The first-order valence-electron chi connectivity index (χ1n) is 6.92. The Hall–Kier alpha value is -1.02. The lowest BCUT2D eigenvalue weighted by molar-refractivity contribution is 0.192. The monoisotopic (exact) mass is 297 g/mol. The Morgan fingerprint density at radius 1 is 1.25 bits per heavy atom. The average molecular weight is 297 g/mol. The molecule has 1 unspecified atom stereocenters. The smallest absolute Gasteiger partial charge is 0.258 e. The molecule has 7 heteroatoms. The Bertz CT molecular complexity index is 549. The van der Waals surface area contributed by atoms with Gasteiger partial charge < -0.3 is 10.1 Å². The fourth-order valence-electron chi connectivity index (χ4n) is 2.13. The lowest BCUT2D eigenvalue weighted by Crippen LogP contribution is -2.35. The summed E-state index contributed by atoms with van der Waals surface area (Å²) in [5.41, 5.74) is 1.00. The van der Waals surface area contributed by atoms with Crippen LogP contribution in [0.2, 0.25) is 0 Å². The van der Waals surface area contributed by atoms with Crippen LogP contribution in [0.15, 0.2) is 23.4 Å². The molecule has 2 N–H and O–H groups in total. The second kappa shape index (κ2) is 5.77. The molecule has 1 aromatic rings. The van der Waals surface area contributed by atoms with E-state index < -0.39 is 10.0 Å². The Morgan fingerprint density at radius 2 is 2.10 bits per heavy atom. The number of nitrogens with one attached hydrogen (secondary N) is 2. The van der Waals surface area contributed by atoms with Crippen molar-refractivity contribution in [3.05, 3.63) is 23.9 Å². The fraction of sp³-hybridized carbons (Fsp3) is 0.615. The van der Waals surface area contributed by atoms with E-state index in [1.165, 1.54) is 12.8 Å². The summed E-state index contributed by atoms with van der Waals surface area (Å²) in [6.45, 7) is 1.77. The van der Waals surface area contributed by atoms with Crippen molar-refractivity contribution in [3.8, 4) is 0 Å². The third-order valence-corrected chi connectivity index (χ3v) is 4.93. The highest BCUT2D eigenvalue weighted by molar-refractivity contribution is 7.89. The van der Waals surface area contributed by atoms with Gasteiger partial charge in [-0.25, -0.2) is 18.1 Å². The molecule has 0 radical (unpaired) electrons. The number of nitrogens with zero attached hydrogens (tertiary/aromatic N) is 1. The molecule has 2 fully saturated rings. The maximum Gasteiger partial charge on any atom is 0.258 e. The standard InChI is InChI=1S/C13H19N3O3S/c17-20(18,16-12-5-6-19-9-12)13-4-1-10(8-15-13)7-14-11-2-3-11/h1,4,8,11-12,14,16H,2-3,5-7,9H2. The van der Waals surface area contributed by atoms with Gasteiger partial charge in [0.05, 0.1) is 6.61 Å². The molecule has 1 aliphatic heterocycles. The number of hydrogen-bond acceptors (Lipinski definition) is 5. The average Bonchev–Trinajstić information content (AvgIpc) is 3.14. The van der Waals surface area contributed by atoms with Crippen LogP contribution in [0.1, 0.15) is 24.8 Å². The summed E-state index contributed by atoms with van der Waals surface area (Å²) in [4.78, 5) is 4.06. The maximum absolute atomic E-state index is 12.1. The normalized spacial score (nSPS) is 23.1. The van der Waals surface area contributed by atoms with Gasteiger partial charge in [0.2, 0.25) is 0 Å². The number of aromatic nitrogens is 1. The number of rotatable bonds is 6. The van der Waals surface area contributed by atoms with Crippen molar-refractivity contribution in [2.24, 2.45) is 0 Å². The molecule has 1 aliphatic carbocycles. The molecule has 110 valence electrons. The van der Waals surface area contributed by atoms with E-state index in [9.17, 15) is 8.42 Å². The van der Waals surface area contributed by atoms with Crippen LogP contribution in [0.25, 0.3) is 0 Å². The van der Waals surface area contributed by atoms with Crippen molar-refractivity contribution >= 4 is 10.0 Å². The molecule has 2 heterocycles. The quantitative estimate of drug-likeness (QED) is 0.794. The molecule has 0 amide bonds. The van der Waals surface area contributed by atoms with Crippen molar-refractivity contribution in [2.45, 2.75) is 42.9 Å². The van der Waals surface area contributed by atoms with Crippen LogP contribution in [0.5, 0.6) is 0 Å². The van der Waals surface area contributed by atoms with E-state index in [-0.39, 0.29) is 11.1 Å². The zero-order valence-electron chi connectivity index (χ0n) is 11.2. The third-order valence-electron chi connectivity index (χ3n) is 3.50. The largest absolute Gasteiger partial charge is 0.380 e. The first kappa shape index (κ1) is 13.9. The fourth-order valence-corrected chi connectivity index (χ4v) is 3.32. The van der Waals surface area contributed by atoms with Crippen LogP contribution in [-0.4, -0.2) is 38.7 Å². The molecule has 20 heavy (non-hydrogen) atoms. The van der Waals surface area contributed by atoms with Gasteiger partial charge in [-0.2, -0.15) is 0 Å². The number of sulfonamides is 1. The molecule has 2 aliphatic rings. The van der Waals surface area contributed by atoms with Crippen LogP contribution < -0.4 is 10.0 Å². The van der Waals surface area contributed by atoms with Gasteiger partial charge in [0, 0.05) is 31.4 Å². The molecular formula is C13H19N3O3S. The zero-order valence-corrected chi connectivity index (χ0v) is 12.0. The summed E-state index contributed by atoms with van der Waals surface area (Å²) in [7, 11) is -3.54. The minimum absolute atomic E-state index is 0.0690. The van der Waals surface area contributed by atoms with Crippen LogP contribution in [0.3, 0.4) is 0 Å². The van der Waals surface area contributed by atoms with E-state index in [2.05, 4.69) is 15.0 Å². The first-order chi connectivity index (χ1) is 9.63. The van der Waals surface area contributed by atoms with Crippen LogP contribution in [0.4, 0.5) is 0 Å². The highest BCUT2D eigenvalue weighted by Gasteiger charge is 2.24. The topological polar surface area (TPSA) is 80.3 Å². The van der Waals surface area contributed by atoms with E-state index in [4.69, 9.17) is 4.74 Å². The minimum Gasteiger partial charge on any atom is -0.380 e. The summed E-state index contributed by atoms with van der Waals surface area (Å²) in [5.74, 6) is 0. The number of ether oxygens (including phenoxy) is 1. The molecule has 1 saturated carbocycles. The third kappa shape index (κ3) is 3.54.